The predicted molar refractivity (Wildman–Crippen MR) is 76.3 cm³/mol. The monoisotopic (exact) mass is 275 g/mol. The summed E-state index contributed by atoms with van der Waals surface area (Å²) in [6.07, 6.45) is 1.60. The van der Waals surface area contributed by atoms with Gasteiger partial charge in [-0.25, -0.2) is 4.98 Å². The second-order valence-corrected chi connectivity index (χ2v) is 4.51. The van der Waals surface area contributed by atoms with Gasteiger partial charge >= 0.3 is 0 Å². The predicted octanol–water partition coefficient (Wildman–Crippen LogP) is 2.75. The molecule has 2 rings (SSSR count). The van der Waals surface area contributed by atoms with Gasteiger partial charge in [0.25, 0.3) is 5.91 Å². The molecule has 0 aliphatic rings. The molecule has 0 aliphatic carbocycles. The van der Waals surface area contributed by atoms with Crippen molar-refractivity contribution >= 4 is 23.2 Å². The van der Waals surface area contributed by atoms with Crippen molar-refractivity contribution in [2.75, 3.05) is 5.32 Å². The lowest BCUT2D eigenvalue weighted by Crippen LogP contribution is -2.13. The zero-order valence-electron chi connectivity index (χ0n) is 10.5. The smallest absolute Gasteiger partial charge is 0.255 e. The van der Waals surface area contributed by atoms with Crippen molar-refractivity contribution in [3.05, 3.63) is 58.4 Å². The lowest BCUT2D eigenvalue weighted by molar-refractivity contribution is 0.102. The molecule has 0 saturated carbocycles. The summed E-state index contributed by atoms with van der Waals surface area (Å²) < 4.78 is 0. The lowest BCUT2D eigenvalue weighted by Gasteiger charge is -2.09. The second-order valence-electron chi connectivity index (χ2n) is 4.15. The molecule has 0 aliphatic heterocycles. The van der Waals surface area contributed by atoms with Crippen LogP contribution in [0.15, 0.2) is 36.5 Å². The molecule has 1 heterocycles. The summed E-state index contributed by atoms with van der Waals surface area (Å²) in [5.74, 6) is -0.221. The number of halogens is 1. The van der Waals surface area contributed by atoms with E-state index in [1.54, 1.807) is 24.4 Å². The zero-order chi connectivity index (χ0) is 13.8. The largest absolute Gasteiger partial charge is 0.326 e. The highest BCUT2D eigenvalue weighted by Gasteiger charge is 2.11. The number of hydrogen-bond acceptors (Lipinski definition) is 3. The number of rotatable bonds is 3. The lowest BCUT2D eigenvalue weighted by atomic mass is 10.1. The number of hydrogen-bond donors (Lipinski definition) is 2. The van der Waals surface area contributed by atoms with Crippen molar-refractivity contribution in [1.82, 2.24) is 4.98 Å². The third kappa shape index (κ3) is 3.10. The van der Waals surface area contributed by atoms with Crippen LogP contribution in [0.25, 0.3) is 0 Å². The summed E-state index contributed by atoms with van der Waals surface area (Å²) in [5.41, 5.74) is 8.45. The number of amides is 1. The van der Waals surface area contributed by atoms with Crippen molar-refractivity contribution in [2.24, 2.45) is 5.73 Å². The third-order valence-corrected chi connectivity index (χ3v) is 3.09. The maximum Gasteiger partial charge on any atom is 0.255 e. The number of carbonyl (C=O) groups excluding carboxylic acids is 1. The van der Waals surface area contributed by atoms with Gasteiger partial charge in [-0.05, 0) is 36.2 Å². The number of nitrogens with zero attached hydrogens (tertiary/aromatic N) is 1. The van der Waals surface area contributed by atoms with E-state index in [1.165, 1.54) is 0 Å². The van der Waals surface area contributed by atoms with E-state index in [0.717, 1.165) is 11.1 Å². The Morgan fingerprint density at radius 3 is 2.58 bits per heavy atom. The molecule has 5 heteroatoms. The molecule has 0 fully saturated rings. The molecular weight excluding hydrogens is 262 g/mol. The summed E-state index contributed by atoms with van der Waals surface area (Å²) >= 11 is 5.97. The zero-order valence-corrected chi connectivity index (χ0v) is 11.2. The Hall–Kier alpha value is -1.91. The molecule has 1 aromatic heterocycles. The van der Waals surface area contributed by atoms with Gasteiger partial charge in [0, 0.05) is 18.3 Å². The van der Waals surface area contributed by atoms with Crippen molar-refractivity contribution in [1.29, 1.82) is 0 Å². The molecule has 3 N–H and O–H groups in total. The highest BCUT2D eigenvalue weighted by Crippen LogP contribution is 2.23. The Morgan fingerprint density at radius 2 is 2.00 bits per heavy atom. The molecule has 1 aromatic carbocycles. The van der Waals surface area contributed by atoms with Gasteiger partial charge in [-0.3, -0.25) is 4.79 Å². The first-order valence-electron chi connectivity index (χ1n) is 5.83. The summed E-state index contributed by atoms with van der Waals surface area (Å²) in [4.78, 5) is 16.0. The van der Waals surface area contributed by atoms with E-state index in [9.17, 15) is 4.79 Å². The SMILES string of the molecule is Cc1ccnc(Cl)c1NC(=O)c1ccc(CN)cc1. The van der Waals surface area contributed by atoms with Crippen LogP contribution in [0, 0.1) is 6.92 Å². The first kappa shape index (κ1) is 13.5. The Balaban J connectivity index is 2.20. The van der Waals surface area contributed by atoms with Gasteiger partial charge in [-0.2, -0.15) is 0 Å². The van der Waals surface area contributed by atoms with Crippen LogP contribution in [0.3, 0.4) is 0 Å². The first-order valence-corrected chi connectivity index (χ1v) is 6.21. The van der Waals surface area contributed by atoms with Gasteiger partial charge < -0.3 is 11.1 Å². The molecule has 98 valence electrons. The van der Waals surface area contributed by atoms with Crippen LogP contribution >= 0.6 is 11.6 Å². The molecular formula is C14H14ClN3O. The summed E-state index contributed by atoms with van der Waals surface area (Å²) in [5, 5.41) is 3.05. The Labute approximate surface area is 116 Å². The minimum atomic E-state index is -0.221. The Kier molecular flexibility index (Phi) is 4.14. The van der Waals surface area contributed by atoms with E-state index in [4.69, 9.17) is 17.3 Å². The highest BCUT2D eigenvalue weighted by molar-refractivity contribution is 6.32. The molecule has 0 saturated heterocycles. The van der Waals surface area contributed by atoms with E-state index in [1.807, 2.05) is 19.1 Å². The van der Waals surface area contributed by atoms with E-state index in [2.05, 4.69) is 10.3 Å². The number of pyridine rings is 1. The number of aryl methyl sites for hydroxylation is 1. The average molecular weight is 276 g/mol. The van der Waals surface area contributed by atoms with Crippen LogP contribution in [0.1, 0.15) is 21.5 Å². The average Bonchev–Trinajstić information content (AvgIpc) is 2.43. The number of aromatic nitrogens is 1. The van der Waals surface area contributed by atoms with Gasteiger partial charge in [0.05, 0.1) is 5.69 Å². The van der Waals surface area contributed by atoms with E-state index in [-0.39, 0.29) is 11.1 Å². The fourth-order valence-electron chi connectivity index (χ4n) is 1.65. The molecule has 0 radical (unpaired) electrons. The van der Waals surface area contributed by atoms with Gasteiger partial charge in [0.2, 0.25) is 0 Å². The van der Waals surface area contributed by atoms with Crippen molar-refractivity contribution in [2.45, 2.75) is 13.5 Å². The van der Waals surface area contributed by atoms with Crippen molar-refractivity contribution in [3.8, 4) is 0 Å². The number of nitrogens with one attached hydrogen (secondary N) is 1. The maximum atomic E-state index is 12.1. The van der Waals surface area contributed by atoms with Gasteiger partial charge in [-0.1, -0.05) is 23.7 Å². The molecule has 0 atom stereocenters. The summed E-state index contributed by atoms with van der Waals surface area (Å²) in [6, 6.07) is 8.91. The second kappa shape index (κ2) is 5.82. The highest BCUT2D eigenvalue weighted by atomic mass is 35.5. The molecule has 1 amide bonds. The summed E-state index contributed by atoms with van der Waals surface area (Å²) in [6.45, 7) is 2.32. The fourth-order valence-corrected chi connectivity index (χ4v) is 1.91. The van der Waals surface area contributed by atoms with Crippen LogP contribution in [0.2, 0.25) is 5.15 Å². The molecule has 0 unspecified atom stereocenters. The van der Waals surface area contributed by atoms with Gasteiger partial charge in [0.15, 0.2) is 5.15 Å². The molecule has 19 heavy (non-hydrogen) atoms. The topological polar surface area (TPSA) is 68.0 Å². The Bertz CT molecular complexity index is 576. The minimum Gasteiger partial charge on any atom is -0.326 e. The van der Waals surface area contributed by atoms with Crippen LogP contribution in [0.5, 0.6) is 0 Å². The standard InChI is InChI=1S/C14H14ClN3O/c1-9-6-7-17-13(15)12(9)18-14(19)11-4-2-10(8-16)3-5-11/h2-7H,8,16H2,1H3,(H,18,19). The Morgan fingerprint density at radius 1 is 1.32 bits per heavy atom. The number of anilines is 1. The maximum absolute atomic E-state index is 12.1. The number of carbonyl (C=O) groups is 1. The summed E-state index contributed by atoms with van der Waals surface area (Å²) in [7, 11) is 0. The van der Waals surface area contributed by atoms with Crippen LogP contribution < -0.4 is 11.1 Å². The van der Waals surface area contributed by atoms with Crippen LogP contribution in [0.4, 0.5) is 5.69 Å². The first-order chi connectivity index (χ1) is 9.11. The van der Waals surface area contributed by atoms with Crippen molar-refractivity contribution in [3.63, 3.8) is 0 Å². The van der Waals surface area contributed by atoms with Crippen molar-refractivity contribution < 1.29 is 4.79 Å². The van der Waals surface area contributed by atoms with E-state index >= 15 is 0 Å². The molecule has 0 spiro atoms. The van der Waals surface area contributed by atoms with Crippen LogP contribution in [-0.4, -0.2) is 10.9 Å². The number of nitrogens with two attached hydrogens (primary N) is 1. The van der Waals surface area contributed by atoms with Crippen LogP contribution in [-0.2, 0) is 6.54 Å². The van der Waals surface area contributed by atoms with E-state index < -0.39 is 0 Å². The fraction of sp³-hybridized carbons (Fsp3) is 0.143. The van der Waals surface area contributed by atoms with E-state index in [0.29, 0.717) is 17.8 Å². The molecule has 0 bridgehead atoms. The third-order valence-electron chi connectivity index (χ3n) is 2.80. The number of benzene rings is 1. The molecule has 4 nitrogen and oxygen atoms in total. The molecule has 2 aromatic rings. The quantitative estimate of drug-likeness (QED) is 0.847. The normalized spacial score (nSPS) is 10.3. The van der Waals surface area contributed by atoms with Gasteiger partial charge in [-0.15, -0.1) is 0 Å². The minimum absolute atomic E-state index is 0.221. The van der Waals surface area contributed by atoms with Gasteiger partial charge in [0.1, 0.15) is 0 Å².